The van der Waals surface area contributed by atoms with E-state index in [0.717, 1.165) is 5.56 Å². The highest BCUT2D eigenvalue weighted by molar-refractivity contribution is 6.01. The van der Waals surface area contributed by atoms with Gasteiger partial charge in [0.25, 0.3) is 5.91 Å². The van der Waals surface area contributed by atoms with E-state index in [2.05, 4.69) is 15.8 Å². The van der Waals surface area contributed by atoms with Crippen LogP contribution in [0.2, 0.25) is 0 Å². The molecule has 23 heavy (non-hydrogen) atoms. The van der Waals surface area contributed by atoms with E-state index in [1.807, 2.05) is 12.1 Å². The van der Waals surface area contributed by atoms with Crippen molar-refractivity contribution in [3.05, 3.63) is 59.7 Å². The zero-order valence-corrected chi connectivity index (χ0v) is 13.0. The summed E-state index contributed by atoms with van der Waals surface area (Å²) in [6.07, 6.45) is 0. The van der Waals surface area contributed by atoms with Crippen molar-refractivity contribution >= 4 is 28.9 Å². The van der Waals surface area contributed by atoms with Crippen LogP contribution in [0.25, 0.3) is 0 Å². The number of hydrogen-bond acceptors (Lipinski definition) is 4. The Balaban J connectivity index is 2.04. The third kappa shape index (κ3) is 4.67. The maximum atomic E-state index is 12.1. The zero-order valence-electron chi connectivity index (χ0n) is 13.0. The van der Waals surface area contributed by atoms with Gasteiger partial charge in [-0.3, -0.25) is 9.59 Å². The fraction of sp³-hybridized carbons (Fsp3) is 0.118. The van der Waals surface area contributed by atoms with Crippen LogP contribution >= 0.6 is 0 Å². The van der Waals surface area contributed by atoms with Crippen LogP contribution in [0, 0.1) is 0 Å². The summed E-state index contributed by atoms with van der Waals surface area (Å²) < 4.78 is 0. The summed E-state index contributed by atoms with van der Waals surface area (Å²) in [5.41, 5.74) is 11.4. The van der Waals surface area contributed by atoms with Crippen molar-refractivity contribution in [3.8, 4) is 0 Å². The summed E-state index contributed by atoms with van der Waals surface area (Å²) in [5, 5.41) is 6.71. The molecule has 0 aliphatic heterocycles. The Hall–Kier alpha value is -3.15. The lowest BCUT2D eigenvalue weighted by Gasteiger charge is -2.05. The number of benzene rings is 2. The summed E-state index contributed by atoms with van der Waals surface area (Å²) in [6, 6.07) is 13.8. The number of nitrogens with two attached hydrogens (primary N) is 1. The molecule has 0 atom stereocenters. The van der Waals surface area contributed by atoms with Gasteiger partial charge in [0, 0.05) is 23.9 Å². The first-order valence-corrected chi connectivity index (χ1v) is 7.04. The van der Waals surface area contributed by atoms with Gasteiger partial charge in [-0.15, -0.1) is 0 Å². The number of hydrazone groups is 1. The monoisotopic (exact) mass is 310 g/mol. The Bertz CT molecular complexity index is 751. The highest BCUT2D eigenvalue weighted by Gasteiger charge is 2.05. The number of hydrogen-bond donors (Lipinski definition) is 3. The molecule has 2 amide bonds. The molecule has 0 spiro atoms. The lowest BCUT2D eigenvalue weighted by atomic mass is 10.1. The molecule has 2 aromatic rings. The lowest BCUT2D eigenvalue weighted by molar-refractivity contribution is -0.114. The summed E-state index contributed by atoms with van der Waals surface area (Å²) in [6.45, 7) is 3.21. The van der Waals surface area contributed by atoms with E-state index in [-0.39, 0.29) is 11.8 Å². The van der Waals surface area contributed by atoms with Crippen LogP contribution in [0.5, 0.6) is 0 Å². The third-order valence-corrected chi connectivity index (χ3v) is 3.10. The molecule has 0 saturated heterocycles. The van der Waals surface area contributed by atoms with E-state index in [1.165, 1.54) is 6.92 Å². The van der Waals surface area contributed by atoms with Gasteiger partial charge in [-0.25, -0.2) is 5.43 Å². The second kappa shape index (κ2) is 7.22. The molecule has 6 heteroatoms. The molecular formula is C17H18N4O2. The lowest BCUT2D eigenvalue weighted by Crippen LogP contribution is -2.19. The molecule has 0 fully saturated rings. The van der Waals surface area contributed by atoms with E-state index < -0.39 is 0 Å². The van der Waals surface area contributed by atoms with Crippen LogP contribution in [-0.4, -0.2) is 17.5 Å². The minimum Gasteiger partial charge on any atom is -0.399 e. The smallest absolute Gasteiger partial charge is 0.271 e. The molecule has 0 heterocycles. The molecule has 2 aromatic carbocycles. The molecule has 4 N–H and O–H groups in total. The summed E-state index contributed by atoms with van der Waals surface area (Å²) >= 11 is 0. The van der Waals surface area contributed by atoms with Gasteiger partial charge in [0.15, 0.2) is 0 Å². The molecule has 2 rings (SSSR count). The largest absolute Gasteiger partial charge is 0.399 e. The van der Waals surface area contributed by atoms with Crippen LogP contribution < -0.4 is 16.5 Å². The van der Waals surface area contributed by atoms with Gasteiger partial charge in [-0.1, -0.05) is 12.1 Å². The fourth-order valence-electron chi connectivity index (χ4n) is 1.94. The molecule has 0 saturated carbocycles. The van der Waals surface area contributed by atoms with Gasteiger partial charge >= 0.3 is 0 Å². The number of carbonyl (C=O) groups is 2. The standard InChI is InChI=1S/C17H18N4O2/c1-11(14-4-3-5-15(18)10-14)20-21-17(23)13-6-8-16(9-7-13)19-12(2)22/h3-10H,18H2,1-2H3,(H,19,22)(H,21,23)/b20-11-. The van der Waals surface area contributed by atoms with Crippen LogP contribution in [0.1, 0.15) is 29.8 Å². The highest BCUT2D eigenvalue weighted by Crippen LogP contribution is 2.10. The van der Waals surface area contributed by atoms with Crippen molar-refractivity contribution in [2.75, 3.05) is 11.1 Å². The first kappa shape index (κ1) is 16.2. The number of carbonyl (C=O) groups excluding carboxylic acids is 2. The first-order valence-electron chi connectivity index (χ1n) is 7.04. The molecule has 118 valence electrons. The predicted octanol–water partition coefficient (Wildman–Crippen LogP) is 2.38. The van der Waals surface area contributed by atoms with Crippen molar-refractivity contribution in [3.63, 3.8) is 0 Å². The van der Waals surface area contributed by atoms with Gasteiger partial charge in [-0.05, 0) is 48.9 Å². The van der Waals surface area contributed by atoms with Gasteiger partial charge in [-0.2, -0.15) is 5.10 Å². The Morgan fingerprint density at radius 1 is 1.00 bits per heavy atom. The zero-order chi connectivity index (χ0) is 16.8. The molecule has 0 radical (unpaired) electrons. The number of amides is 2. The second-order valence-corrected chi connectivity index (χ2v) is 5.02. The maximum absolute atomic E-state index is 12.1. The molecule has 6 nitrogen and oxygen atoms in total. The number of nitrogens with zero attached hydrogens (tertiary/aromatic N) is 1. The van der Waals surface area contributed by atoms with Gasteiger partial charge in [0.1, 0.15) is 0 Å². The van der Waals surface area contributed by atoms with Gasteiger partial charge in [0.05, 0.1) is 5.71 Å². The second-order valence-electron chi connectivity index (χ2n) is 5.02. The predicted molar refractivity (Wildman–Crippen MR) is 91.3 cm³/mol. The first-order chi connectivity index (χ1) is 11.0. The molecular weight excluding hydrogens is 292 g/mol. The van der Waals surface area contributed by atoms with E-state index in [9.17, 15) is 9.59 Å². The number of rotatable bonds is 4. The number of anilines is 2. The number of nitrogens with one attached hydrogen (secondary N) is 2. The normalized spacial score (nSPS) is 11.0. The molecule has 0 aliphatic rings. The van der Waals surface area contributed by atoms with Crippen LogP contribution in [-0.2, 0) is 4.79 Å². The molecule has 0 bridgehead atoms. The van der Waals surface area contributed by atoms with Crippen molar-refractivity contribution in [1.82, 2.24) is 5.43 Å². The summed E-state index contributed by atoms with van der Waals surface area (Å²) in [4.78, 5) is 23.0. The van der Waals surface area contributed by atoms with E-state index in [4.69, 9.17) is 5.73 Å². The topological polar surface area (TPSA) is 96.6 Å². The quantitative estimate of drug-likeness (QED) is 0.459. The Morgan fingerprint density at radius 3 is 2.30 bits per heavy atom. The molecule has 0 aromatic heterocycles. The maximum Gasteiger partial charge on any atom is 0.271 e. The Labute approximate surface area is 134 Å². The van der Waals surface area contributed by atoms with Gasteiger partial charge < -0.3 is 11.1 Å². The van der Waals surface area contributed by atoms with Crippen molar-refractivity contribution in [1.29, 1.82) is 0 Å². The SMILES string of the molecule is CC(=O)Nc1ccc(C(=O)N/N=C(/C)c2cccc(N)c2)cc1. The van der Waals surface area contributed by atoms with E-state index >= 15 is 0 Å². The third-order valence-electron chi connectivity index (χ3n) is 3.10. The highest BCUT2D eigenvalue weighted by atomic mass is 16.2. The Morgan fingerprint density at radius 2 is 1.70 bits per heavy atom. The van der Waals surface area contributed by atoms with Gasteiger partial charge in [0.2, 0.25) is 5.91 Å². The van der Waals surface area contributed by atoms with Crippen LogP contribution in [0.15, 0.2) is 53.6 Å². The average molecular weight is 310 g/mol. The van der Waals surface area contributed by atoms with Crippen molar-refractivity contribution < 1.29 is 9.59 Å². The minimum atomic E-state index is -0.331. The summed E-state index contributed by atoms with van der Waals surface area (Å²) in [7, 11) is 0. The molecule has 0 aliphatic carbocycles. The van der Waals surface area contributed by atoms with Crippen LogP contribution in [0.4, 0.5) is 11.4 Å². The van der Waals surface area contributed by atoms with Crippen molar-refractivity contribution in [2.24, 2.45) is 5.10 Å². The van der Waals surface area contributed by atoms with Crippen LogP contribution in [0.3, 0.4) is 0 Å². The average Bonchev–Trinajstić information content (AvgIpc) is 2.52. The minimum absolute atomic E-state index is 0.162. The van der Waals surface area contributed by atoms with Crippen molar-refractivity contribution in [2.45, 2.75) is 13.8 Å². The Kier molecular flexibility index (Phi) is 5.09. The van der Waals surface area contributed by atoms with E-state index in [1.54, 1.807) is 43.3 Å². The van der Waals surface area contributed by atoms with E-state index in [0.29, 0.717) is 22.6 Å². The molecule has 0 unspecified atom stereocenters. The number of nitrogen functional groups attached to an aromatic ring is 1. The fourth-order valence-corrected chi connectivity index (χ4v) is 1.94. The summed E-state index contributed by atoms with van der Waals surface area (Å²) in [5.74, 6) is -0.493.